The van der Waals surface area contributed by atoms with E-state index in [1.807, 2.05) is 12.2 Å². The van der Waals surface area contributed by atoms with Gasteiger partial charge in [0.05, 0.1) is 26.4 Å². The normalized spacial score (nSPS) is 14.8. The van der Waals surface area contributed by atoms with Crippen LogP contribution in [0.5, 0.6) is 0 Å². The molecule has 0 saturated heterocycles. The zero-order valence-electron chi connectivity index (χ0n) is 65.5. The van der Waals surface area contributed by atoms with Gasteiger partial charge in [0.2, 0.25) is 0 Å². The molecular formula is C87H140O17P2. The third-order valence-corrected chi connectivity index (χ3v) is 17.7. The van der Waals surface area contributed by atoms with Crippen molar-refractivity contribution in [1.82, 2.24) is 0 Å². The minimum atomic E-state index is -5.00. The van der Waals surface area contributed by atoms with Crippen LogP contribution in [0.4, 0.5) is 0 Å². The standard InChI is InChI=1S/C87H140O17P2/c1-5-9-13-17-21-25-29-33-36-39-40-43-45-49-52-56-60-64-68-72-85(90)98-78-83(104-87(92)74-70-66-62-58-54-50-46-42-38-35-31-27-23-19-15-11-7-3)80-102-106(95,96)100-76-81(88)75-99-105(93,94)101-79-82(103-86(91)73-69-65-61-57-53-47-32-28-24-20-16-12-8-4)77-97-84(89)71-67-63-59-55-51-48-44-41-37-34-30-26-22-18-14-10-6-2/h9-11,13-16,20-23,25-28,32-38,40,43-44,48-49,52,55,59,81-83,88H,5-8,12,17-19,24,29-31,39,41-42,45-47,50-51,53-54,56-58,60-80H2,1-4H3,(H,93,94)(H,95,96)/b13-9-,14-10-,15-11-,20-16-,25-21-,26-22-,27-23-,32-28-,36-33-,37-34-,38-35-,43-40-,48-44-,52-49-,59-55-. The highest BCUT2D eigenvalue weighted by Crippen LogP contribution is 2.45. The smallest absolute Gasteiger partial charge is 0.462 e. The molecule has 0 amide bonds. The number of hydrogen-bond donors (Lipinski definition) is 3. The van der Waals surface area contributed by atoms with Crippen LogP contribution in [0.25, 0.3) is 0 Å². The highest BCUT2D eigenvalue weighted by atomic mass is 31.2. The molecule has 0 aliphatic heterocycles. The molecule has 0 aromatic carbocycles. The van der Waals surface area contributed by atoms with Crippen LogP contribution in [-0.4, -0.2) is 96.7 Å². The van der Waals surface area contributed by atoms with Crippen LogP contribution in [-0.2, 0) is 65.4 Å². The number of carbonyl (C=O) groups excluding carboxylic acids is 4. The predicted octanol–water partition coefficient (Wildman–Crippen LogP) is 23.6. The molecule has 0 aliphatic rings. The van der Waals surface area contributed by atoms with Crippen molar-refractivity contribution in [3.63, 3.8) is 0 Å². The number of hydrogen-bond acceptors (Lipinski definition) is 15. The molecule has 19 heteroatoms. The number of aliphatic hydroxyl groups is 1. The number of aliphatic hydroxyl groups excluding tert-OH is 1. The van der Waals surface area contributed by atoms with E-state index in [1.54, 1.807) is 0 Å². The Kier molecular flexibility index (Phi) is 73.1. The first kappa shape index (κ1) is 100. The zero-order valence-corrected chi connectivity index (χ0v) is 67.3. The van der Waals surface area contributed by atoms with Crippen LogP contribution >= 0.6 is 15.6 Å². The van der Waals surface area contributed by atoms with E-state index in [0.29, 0.717) is 32.1 Å². The summed E-state index contributed by atoms with van der Waals surface area (Å²) in [5.74, 6) is -2.32. The molecule has 0 spiro atoms. The van der Waals surface area contributed by atoms with Gasteiger partial charge >= 0.3 is 39.5 Å². The minimum Gasteiger partial charge on any atom is -0.462 e. The fourth-order valence-electron chi connectivity index (χ4n) is 9.86. The number of ether oxygens (including phenoxy) is 4. The monoisotopic (exact) mass is 1520 g/mol. The minimum absolute atomic E-state index is 0.0592. The summed E-state index contributed by atoms with van der Waals surface area (Å²) in [4.78, 5) is 73.0. The third kappa shape index (κ3) is 76.4. The van der Waals surface area contributed by atoms with Crippen LogP contribution in [0.2, 0.25) is 0 Å². The Bertz CT molecular complexity index is 2730. The number of allylic oxidation sites excluding steroid dienone is 30. The molecule has 0 rings (SSSR count). The van der Waals surface area contributed by atoms with E-state index in [4.69, 9.17) is 37.0 Å². The van der Waals surface area contributed by atoms with E-state index in [1.165, 1.54) is 0 Å². The Hall–Kier alpha value is -5.84. The van der Waals surface area contributed by atoms with Crippen molar-refractivity contribution in [2.45, 2.75) is 303 Å². The van der Waals surface area contributed by atoms with E-state index >= 15 is 0 Å². The molecule has 17 nitrogen and oxygen atoms in total. The SMILES string of the molecule is CC/C=C\C/C=C\C/C=C\C/C=C\C/C=C\CCCCCC(=O)OCC(COP(=O)(O)OCC(O)COP(=O)(O)OCC(COC(=O)CCC/C=C\C/C=C\C/C=C\C/C=C\C/C=C\CC)OC(=O)CCCCCCC/C=C\C/C=C\CCC)OC(=O)CCCCCCCCC/C=C\C/C=C\C/C=C\CC. The molecular weight excluding hydrogens is 1380 g/mol. The van der Waals surface area contributed by atoms with E-state index in [-0.39, 0.29) is 25.7 Å². The van der Waals surface area contributed by atoms with Gasteiger partial charge in [-0.05, 0) is 167 Å². The second kappa shape index (κ2) is 77.3. The van der Waals surface area contributed by atoms with Gasteiger partial charge in [-0.25, -0.2) is 9.13 Å². The lowest BCUT2D eigenvalue weighted by Crippen LogP contribution is -2.30. The number of rotatable bonds is 73. The van der Waals surface area contributed by atoms with Crippen LogP contribution in [0.1, 0.15) is 285 Å². The van der Waals surface area contributed by atoms with Gasteiger partial charge in [-0.3, -0.25) is 37.3 Å². The average molecular weight is 1520 g/mol. The Morgan fingerprint density at radius 3 is 0.802 bits per heavy atom. The highest BCUT2D eigenvalue weighted by molar-refractivity contribution is 7.47. The highest BCUT2D eigenvalue weighted by Gasteiger charge is 2.30. The molecule has 0 saturated carbocycles. The summed E-state index contributed by atoms with van der Waals surface area (Å²) >= 11 is 0. The fourth-order valence-corrected chi connectivity index (χ4v) is 11.4. The summed E-state index contributed by atoms with van der Waals surface area (Å²) in [6, 6.07) is 0. The summed E-state index contributed by atoms with van der Waals surface area (Å²) in [6.45, 7) is 4.32. The summed E-state index contributed by atoms with van der Waals surface area (Å²) < 4.78 is 68.5. The van der Waals surface area contributed by atoms with Crippen LogP contribution in [0.3, 0.4) is 0 Å². The topological polar surface area (TPSA) is 237 Å². The third-order valence-electron chi connectivity index (χ3n) is 15.8. The van der Waals surface area contributed by atoms with Crippen molar-refractivity contribution >= 4 is 39.5 Å². The van der Waals surface area contributed by atoms with Gasteiger partial charge in [-0.2, -0.15) is 0 Å². The van der Waals surface area contributed by atoms with Gasteiger partial charge in [0.25, 0.3) is 0 Å². The van der Waals surface area contributed by atoms with E-state index < -0.39 is 97.5 Å². The summed E-state index contributed by atoms with van der Waals surface area (Å²) in [7, 11) is -10.0. The Morgan fingerprint density at radius 2 is 0.500 bits per heavy atom. The lowest BCUT2D eigenvalue weighted by Gasteiger charge is -2.21. The number of phosphoric acid groups is 2. The van der Waals surface area contributed by atoms with Gasteiger partial charge in [-0.15, -0.1) is 0 Å². The zero-order chi connectivity index (χ0) is 77.4. The largest absolute Gasteiger partial charge is 0.472 e. The molecule has 106 heavy (non-hydrogen) atoms. The maximum atomic E-state index is 13.1. The van der Waals surface area contributed by atoms with Crippen molar-refractivity contribution in [3.05, 3.63) is 182 Å². The molecule has 0 heterocycles. The molecule has 5 unspecified atom stereocenters. The van der Waals surface area contributed by atoms with Crippen molar-refractivity contribution in [2.24, 2.45) is 0 Å². The predicted molar refractivity (Wildman–Crippen MR) is 436 cm³/mol. The van der Waals surface area contributed by atoms with Crippen molar-refractivity contribution in [3.8, 4) is 0 Å². The Labute approximate surface area is 641 Å². The second-order valence-corrected chi connectivity index (χ2v) is 28.8. The Morgan fingerprint density at radius 1 is 0.274 bits per heavy atom. The van der Waals surface area contributed by atoms with Crippen LogP contribution in [0, 0.1) is 0 Å². The second-order valence-electron chi connectivity index (χ2n) is 25.9. The molecule has 0 aromatic rings. The summed E-state index contributed by atoms with van der Waals surface area (Å²) in [6.07, 6.45) is 93.1. The maximum Gasteiger partial charge on any atom is 0.472 e. The number of esters is 4. The lowest BCUT2D eigenvalue weighted by atomic mass is 10.1. The molecule has 600 valence electrons. The lowest BCUT2D eigenvalue weighted by molar-refractivity contribution is -0.161. The average Bonchev–Trinajstić information content (AvgIpc) is 0.907. The van der Waals surface area contributed by atoms with Gasteiger partial charge in [0.1, 0.15) is 19.3 Å². The van der Waals surface area contributed by atoms with Crippen molar-refractivity contribution in [1.29, 1.82) is 0 Å². The molecule has 0 radical (unpaired) electrons. The van der Waals surface area contributed by atoms with E-state index in [9.17, 15) is 43.2 Å². The van der Waals surface area contributed by atoms with Crippen LogP contribution < -0.4 is 0 Å². The summed E-state index contributed by atoms with van der Waals surface area (Å²) in [5.41, 5.74) is 0. The first-order valence-electron chi connectivity index (χ1n) is 40.0. The van der Waals surface area contributed by atoms with Crippen molar-refractivity contribution in [2.75, 3.05) is 39.6 Å². The van der Waals surface area contributed by atoms with Gasteiger partial charge < -0.3 is 33.8 Å². The quantitative estimate of drug-likeness (QED) is 0.0169. The molecule has 0 aromatic heterocycles. The molecule has 3 N–H and O–H groups in total. The summed E-state index contributed by atoms with van der Waals surface area (Å²) in [5, 5.41) is 10.6. The fraction of sp³-hybridized carbons (Fsp3) is 0.609. The van der Waals surface area contributed by atoms with Crippen LogP contribution in [0.15, 0.2) is 182 Å². The van der Waals surface area contributed by atoms with Gasteiger partial charge in [-0.1, -0.05) is 274 Å². The number of unbranched alkanes of at least 4 members (excludes halogenated alkanes) is 17. The molecule has 0 bridgehead atoms. The molecule has 0 fully saturated rings. The maximum absolute atomic E-state index is 13.1. The van der Waals surface area contributed by atoms with Gasteiger partial charge in [0, 0.05) is 25.7 Å². The number of carbonyl (C=O) groups is 4. The molecule has 5 atom stereocenters. The van der Waals surface area contributed by atoms with E-state index in [0.717, 1.165) is 199 Å². The first-order valence-corrected chi connectivity index (χ1v) is 43.0. The van der Waals surface area contributed by atoms with Crippen molar-refractivity contribution < 1.29 is 80.2 Å². The number of phosphoric ester groups is 2. The van der Waals surface area contributed by atoms with E-state index in [2.05, 4.69) is 198 Å². The van der Waals surface area contributed by atoms with Gasteiger partial charge in [0.15, 0.2) is 12.2 Å². The first-order chi connectivity index (χ1) is 51.7. The Balaban J connectivity index is 5.47. The molecule has 0 aliphatic carbocycles.